The average molecular weight is 342 g/mol. The number of benzene rings is 2. The van der Waals surface area contributed by atoms with Gasteiger partial charge in [0.15, 0.2) is 0 Å². The molecule has 0 fully saturated rings. The van der Waals surface area contributed by atoms with Gasteiger partial charge in [-0.25, -0.2) is 4.79 Å². The lowest BCUT2D eigenvalue weighted by Gasteiger charge is -2.16. The van der Waals surface area contributed by atoms with Crippen LogP contribution in [-0.4, -0.2) is 25.0 Å². The summed E-state index contributed by atoms with van der Waals surface area (Å²) in [6, 6.07) is 12.7. The van der Waals surface area contributed by atoms with E-state index >= 15 is 0 Å². The molecule has 2 aromatic rings. The number of hydrogen-bond donors (Lipinski definition) is 2. The number of para-hydroxylation sites is 1. The van der Waals surface area contributed by atoms with Crippen LogP contribution in [0.15, 0.2) is 48.5 Å². The number of amides is 1. The summed E-state index contributed by atoms with van der Waals surface area (Å²) in [5.41, 5.74) is 6.65. The zero-order chi connectivity index (χ0) is 18.4. The van der Waals surface area contributed by atoms with E-state index in [-0.39, 0.29) is 23.1 Å². The van der Waals surface area contributed by atoms with Gasteiger partial charge in [-0.15, -0.1) is 0 Å². The standard InChI is InChI=1S/C19H22N2O4/c1-12(2)17(20)19(23)25-16-7-5-4-6-15(16)18(22)21-13-8-10-14(24-3)11-9-13/h4-12,17H,20H2,1-3H3,(H,21,22)/t17-/m0/s1. The number of esters is 1. The fourth-order valence-electron chi connectivity index (χ4n) is 2.06. The first-order valence-electron chi connectivity index (χ1n) is 7.94. The van der Waals surface area contributed by atoms with Gasteiger partial charge in [0, 0.05) is 5.69 Å². The Kier molecular flexibility index (Phi) is 6.14. The Morgan fingerprint density at radius 3 is 2.28 bits per heavy atom. The van der Waals surface area contributed by atoms with Crippen LogP contribution in [0.25, 0.3) is 0 Å². The molecule has 3 N–H and O–H groups in total. The first kappa shape index (κ1) is 18.5. The summed E-state index contributed by atoms with van der Waals surface area (Å²) in [5.74, 6) is -0.149. The quantitative estimate of drug-likeness (QED) is 0.622. The molecule has 6 nitrogen and oxygen atoms in total. The van der Waals surface area contributed by atoms with Crippen LogP contribution in [0, 0.1) is 5.92 Å². The molecular formula is C19H22N2O4. The van der Waals surface area contributed by atoms with Crippen molar-refractivity contribution >= 4 is 17.6 Å². The van der Waals surface area contributed by atoms with E-state index in [1.165, 1.54) is 0 Å². The van der Waals surface area contributed by atoms with Crippen molar-refractivity contribution in [3.05, 3.63) is 54.1 Å². The van der Waals surface area contributed by atoms with Gasteiger partial charge in [-0.3, -0.25) is 4.79 Å². The Balaban J connectivity index is 2.15. The van der Waals surface area contributed by atoms with E-state index in [2.05, 4.69) is 5.32 Å². The van der Waals surface area contributed by atoms with Gasteiger partial charge in [0.25, 0.3) is 5.91 Å². The van der Waals surface area contributed by atoms with Crippen molar-refractivity contribution < 1.29 is 19.1 Å². The van der Waals surface area contributed by atoms with Crippen molar-refractivity contribution in [2.75, 3.05) is 12.4 Å². The van der Waals surface area contributed by atoms with Crippen LogP contribution >= 0.6 is 0 Å². The Morgan fingerprint density at radius 1 is 1.04 bits per heavy atom. The molecule has 0 bridgehead atoms. The average Bonchev–Trinajstić information content (AvgIpc) is 2.61. The van der Waals surface area contributed by atoms with Gasteiger partial charge >= 0.3 is 5.97 Å². The first-order valence-corrected chi connectivity index (χ1v) is 7.94. The van der Waals surface area contributed by atoms with Gasteiger partial charge in [0.1, 0.15) is 17.5 Å². The van der Waals surface area contributed by atoms with Crippen LogP contribution in [0.2, 0.25) is 0 Å². The maximum absolute atomic E-state index is 12.5. The predicted octanol–water partition coefficient (Wildman–Crippen LogP) is 2.84. The summed E-state index contributed by atoms with van der Waals surface area (Å²) in [7, 11) is 1.57. The second kappa shape index (κ2) is 8.30. The molecule has 1 atom stereocenters. The van der Waals surface area contributed by atoms with Crippen molar-refractivity contribution in [1.29, 1.82) is 0 Å². The number of nitrogens with two attached hydrogens (primary N) is 1. The highest BCUT2D eigenvalue weighted by atomic mass is 16.5. The molecule has 0 heterocycles. The zero-order valence-electron chi connectivity index (χ0n) is 14.5. The third kappa shape index (κ3) is 4.81. The number of methoxy groups -OCH3 is 1. The Bertz CT molecular complexity index is 741. The highest BCUT2D eigenvalue weighted by Crippen LogP contribution is 2.22. The van der Waals surface area contributed by atoms with Crippen LogP contribution < -0.4 is 20.5 Å². The number of nitrogens with one attached hydrogen (secondary N) is 1. The number of carbonyl (C=O) groups is 2. The summed E-state index contributed by atoms with van der Waals surface area (Å²) in [5, 5.41) is 2.76. The molecule has 0 aliphatic heterocycles. The second-order valence-corrected chi connectivity index (χ2v) is 5.87. The molecule has 2 rings (SSSR count). The summed E-state index contributed by atoms with van der Waals surface area (Å²) in [6.07, 6.45) is 0. The predicted molar refractivity (Wildman–Crippen MR) is 95.8 cm³/mol. The van der Waals surface area contributed by atoms with E-state index in [0.717, 1.165) is 0 Å². The highest BCUT2D eigenvalue weighted by molar-refractivity contribution is 6.06. The molecule has 0 spiro atoms. The molecule has 0 aromatic heterocycles. The highest BCUT2D eigenvalue weighted by Gasteiger charge is 2.22. The third-order valence-corrected chi connectivity index (χ3v) is 3.68. The summed E-state index contributed by atoms with van der Waals surface area (Å²) in [6.45, 7) is 3.66. The van der Waals surface area contributed by atoms with Crippen LogP contribution in [0.3, 0.4) is 0 Å². The third-order valence-electron chi connectivity index (χ3n) is 3.68. The van der Waals surface area contributed by atoms with E-state index in [9.17, 15) is 9.59 Å². The molecule has 25 heavy (non-hydrogen) atoms. The largest absolute Gasteiger partial charge is 0.497 e. The monoisotopic (exact) mass is 342 g/mol. The van der Waals surface area contributed by atoms with Gasteiger partial charge in [0.05, 0.1) is 12.7 Å². The maximum Gasteiger partial charge on any atom is 0.328 e. The molecule has 0 unspecified atom stereocenters. The first-order chi connectivity index (χ1) is 11.9. The van der Waals surface area contributed by atoms with E-state index in [1.807, 2.05) is 13.8 Å². The summed E-state index contributed by atoms with van der Waals surface area (Å²) in [4.78, 5) is 24.6. The molecular weight excluding hydrogens is 320 g/mol. The van der Waals surface area contributed by atoms with Crippen LogP contribution in [0.5, 0.6) is 11.5 Å². The molecule has 6 heteroatoms. The van der Waals surface area contributed by atoms with Crippen molar-refractivity contribution in [2.24, 2.45) is 11.7 Å². The van der Waals surface area contributed by atoms with Crippen LogP contribution in [0.4, 0.5) is 5.69 Å². The smallest absolute Gasteiger partial charge is 0.328 e. The van der Waals surface area contributed by atoms with E-state index < -0.39 is 12.0 Å². The van der Waals surface area contributed by atoms with E-state index in [0.29, 0.717) is 11.4 Å². The minimum atomic E-state index is -0.752. The molecule has 0 aliphatic carbocycles. The number of hydrogen-bond acceptors (Lipinski definition) is 5. The lowest BCUT2D eigenvalue weighted by Crippen LogP contribution is -2.38. The normalized spacial score (nSPS) is 11.7. The van der Waals surface area contributed by atoms with Gasteiger partial charge in [-0.05, 0) is 42.3 Å². The molecule has 0 saturated carbocycles. The number of ether oxygens (including phenoxy) is 2. The second-order valence-electron chi connectivity index (χ2n) is 5.87. The molecule has 2 aromatic carbocycles. The molecule has 0 radical (unpaired) electrons. The summed E-state index contributed by atoms with van der Waals surface area (Å²) < 4.78 is 10.4. The van der Waals surface area contributed by atoms with Crippen molar-refractivity contribution in [3.8, 4) is 11.5 Å². The number of rotatable bonds is 6. The molecule has 0 aliphatic rings. The molecule has 0 saturated heterocycles. The van der Waals surface area contributed by atoms with Gasteiger partial charge in [-0.1, -0.05) is 26.0 Å². The van der Waals surface area contributed by atoms with E-state index in [4.69, 9.17) is 15.2 Å². The van der Waals surface area contributed by atoms with Crippen molar-refractivity contribution in [1.82, 2.24) is 0 Å². The number of carbonyl (C=O) groups excluding carboxylic acids is 2. The minimum absolute atomic E-state index is 0.0622. The lowest BCUT2D eigenvalue weighted by atomic mass is 10.1. The SMILES string of the molecule is COc1ccc(NC(=O)c2ccccc2OC(=O)[C@@H](N)C(C)C)cc1. The zero-order valence-corrected chi connectivity index (χ0v) is 14.5. The van der Waals surface area contributed by atoms with E-state index in [1.54, 1.807) is 55.6 Å². The Hall–Kier alpha value is -2.86. The van der Waals surface area contributed by atoms with Gasteiger partial charge in [0.2, 0.25) is 0 Å². The topological polar surface area (TPSA) is 90.6 Å². The minimum Gasteiger partial charge on any atom is -0.497 e. The molecule has 1 amide bonds. The van der Waals surface area contributed by atoms with Gasteiger partial charge < -0.3 is 20.5 Å². The van der Waals surface area contributed by atoms with Crippen molar-refractivity contribution in [3.63, 3.8) is 0 Å². The number of anilines is 1. The lowest BCUT2D eigenvalue weighted by molar-refractivity contribution is -0.136. The Labute approximate surface area is 146 Å². The fraction of sp³-hybridized carbons (Fsp3) is 0.263. The molecule has 132 valence electrons. The van der Waals surface area contributed by atoms with Gasteiger partial charge in [-0.2, -0.15) is 0 Å². The van der Waals surface area contributed by atoms with Crippen LogP contribution in [0.1, 0.15) is 24.2 Å². The van der Waals surface area contributed by atoms with Crippen LogP contribution in [-0.2, 0) is 4.79 Å². The summed E-state index contributed by atoms with van der Waals surface area (Å²) >= 11 is 0. The van der Waals surface area contributed by atoms with Crippen molar-refractivity contribution in [2.45, 2.75) is 19.9 Å². The Morgan fingerprint density at radius 2 is 1.68 bits per heavy atom. The maximum atomic E-state index is 12.5. The fourth-order valence-corrected chi connectivity index (χ4v) is 2.06.